The Hall–Kier alpha value is -3.49. The van der Waals surface area contributed by atoms with Gasteiger partial charge in [-0.05, 0) is 42.3 Å². The molecule has 1 atom stereocenters. The first-order valence-corrected chi connectivity index (χ1v) is 8.61. The Morgan fingerprint density at radius 2 is 1.72 bits per heavy atom. The molecule has 1 fully saturated rings. The van der Waals surface area contributed by atoms with E-state index in [1.54, 1.807) is 24.3 Å². The molecule has 0 unspecified atom stereocenters. The maximum absolute atomic E-state index is 12.9. The first-order chi connectivity index (χ1) is 13.7. The molecule has 1 saturated heterocycles. The third-order valence-corrected chi connectivity index (χ3v) is 4.65. The Morgan fingerprint density at radius 3 is 2.28 bits per heavy atom. The van der Waals surface area contributed by atoms with E-state index in [9.17, 15) is 23.2 Å². The van der Waals surface area contributed by atoms with E-state index >= 15 is 0 Å². The highest BCUT2D eigenvalue weighted by molar-refractivity contribution is 6.07. The number of alkyl halides is 2. The van der Waals surface area contributed by atoms with Crippen LogP contribution in [0.1, 0.15) is 28.4 Å². The Labute approximate surface area is 165 Å². The number of benzene rings is 2. The van der Waals surface area contributed by atoms with Gasteiger partial charge in [0.1, 0.15) is 11.3 Å². The first-order valence-electron chi connectivity index (χ1n) is 8.61. The van der Waals surface area contributed by atoms with Gasteiger partial charge in [0.05, 0.1) is 19.2 Å². The van der Waals surface area contributed by atoms with Gasteiger partial charge in [-0.15, -0.1) is 0 Å². The molecule has 152 valence electrons. The summed E-state index contributed by atoms with van der Waals surface area (Å²) in [6, 6.07) is 11.3. The van der Waals surface area contributed by atoms with Crippen molar-refractivity contribution in [3.63, 3.8) is 0 Å². The van der Waals surface area contributed by atoms with E-state index in [1.165, 1.54) is 38.3 Å². The zero-order valence-electron chi connectivity index (χ0n) is 15.6. The van der Waals surface area contributed by atoms with Crippen LogP contribution in [0.4, 0.5) is 13.6 Å². The first kappa shape index (κ1) is 20.2. The van der Waals surface area contributed by atoms with Gasteiger partial charge in [0.25, 0.3) is 5.91 Å². The Balaban J connectivity index is 1.77. The zero-order valence-corrected chi connectivity index (χ0v) is 15.6. The van der Waals surface area contributed by atoms with Gasteiger partial charge in [-0.25, -0.2) is 9.59 Å². The molecule has 9 heteroatoms. The lowest BCUT2D eigenvalue weighted by atomic mass is 9.92. The molecule has 0 aromatic heterocycles. The van der Waals surface area contributed by atoms with E-state index in [0.29, 0.717) is 16.7 Å². The predicted octanol–water partition coefficient (Wildman–Crippen LogP) is 3.04. The van der Waals surface area contributed by atoms with Gasteiger partial charge < -0.3 is 14.8 Å². The highest BCUT2D eigenvalue weighted by Crippen LogP contribution is 2.31. The van der Waals surface area contributed by atoms with E-state index in [1.807, 2.05) is 0 Å². The number of nitrogens with zero attached hydrogens (tertiary/aromatic N) is 1. The number of methoxy groups -OCH3 is 1. The minimum absolute atomic E-state index is 0.00822. The van der Waals surface area contributed by atoms with Gasteiger partial charge in [0, 0.05) is 0 Å². The molecule has 29 heavy (non-hydrogen) atoms. The second-order valence-electron chi connectivity index (χ2n) is 6.54. The molecule has 0 spiro atoms. The number of nitrogens with one attached hydrogen (secondary N) is 1. The smallest absolute Gasteiger partial charge is 0.387 e. The Morgan fingerprint density at radius 1 is 1.10 bits per heavy atom. The fourth-order valence-electron chi connectivity index (χ4n) is 3.05. The van der Waals surface area contributed by atoms with Crippen molar-refractivity contribution < 1.29 is 32.6 Å². The summed E-state index contributed by atoms with van der Waals surface area (Å²) in [5, 5.41) is 2.64. The van der Waals surface area contributed by atoms with Crippen molar-refractivity contribution in [2.24, 2.45) is 0 Å². The Kier molecular flexibility index (Phi) is 5.49. The Bertz CT molecular complexity index is 931. The zero-order chi connectivity index (χ0) is 21.2. The molecule has 1 aliphatic heterocycles. The van der Waals surface area contributed by atoms with Crippen molar-refractivity contribution in [2.45, 2.75) is 25.6 Å². The maximum Gasteiger partial charge on any atom is 0.387 e. The number of imide groups is 1. The average molecular weight is 404 g/mol. The van der Waals surface area contributed by atoms with Gasteiger partial charge in [-0.3, -0.25) is 9.69 Å². The number of rotatable bonds is 6. The van der Waals surface area contributed by atoms with Crippen molar-refractivity contribution in [1.82, 2.24) is 10.2 Å². The van der Waals surface area contributed by atoms with Crippen LogP contribution in [0.25, 0.3) is 0 Å². The third-order valence-electron chi connectivity index (χ3n) is 4.65. The molecule has 3 rings (SSSR count). The number of carbonyl (C=O) groups excluding carboxylic acids is 3. The number of hydrogen-bond donors (Lipinski definition) is 1. The minimum Gasteiger partial charge on any atom is -0.465 e. The standard InChI is InChI=1S/C20H18F2N2O5/c1-20(14-7-9-15(10-8-14)29-18(21)22)17(26)24(19(27)23-20)11-12-3-5-13(6-4-12)16(25)28-2/h3-10,18H,11H2,1-2H3,(H,23,27)/t20-/m1/s1. The quantitative estimate of drug-likeness (QED) is 0.591. The summed E-state index contributed by atoms with van der Waals surface area (Å²) in [6.45, 7) is -1.41. The molecule has 0 saturated carbocycles. The van der Waals surface area contributed by atoms with Crippen molar-refractivity contribution in [3.8, 4) is 5.75 Å². The molecule has 0 aliphatic carbocycles. The number of halogens is 2. The van der Waals surface area contributed by atoms with Crippen LogP contribution in [-0.2, 0) is 21.6 Å². The number of carbonyl (C=O) groups is 3. The average Bonchev–Trinajstić information content (AvgIpc) is 2.92. The molecule has 0 bridgehead atoms. The van der Waals surface area contributed by atoms with Gasteiger partial charge in [0.15, 0.2) is 0 Å². The lowest BCUT2D eigenvalue weighted by Gasteiger charge is -2.22. The monoisotopic (exact) mass is 404 g/mol. The summed E-state index contributed by atoms with van der Waals surface area (Å²) in [7, 11) is 1.27. The number of hydrogen-bond acceptors (Lipinski definition) is 5. The van der Waals surface area contributed by atoms with Gasteiger partial charge in [-0.2, -0.15) is 8.78 Å². The van der Waals surface area contributed by atoms with Crippen molar-refractivity contribution in [1.29, 1.82) is 0 Å². The molecule has 0 radical (unpaired) electrons. The molecule has 1 aliphatic rings. The number of esters is 1. The van der Waals surface area contributed by atoms with E-state index < -0.39 is 30.1 Å². The SMILES string of the molecule is COC(=O)c1ccc(CN2C(=O)N[C@](C)(c3ccc(OC(F)F)cc3)C2=O)cc1. The summed E-state index contributed by atoms with van der Waals surface area (Å²) >= 11 is 0. The largest absolute Gasteiger partial charge is 0.465 e. The fraction of sp³-hybridized carbons (Fsp3) is 0.250. The summed E-state index contributed by atoms with van der Waals surface area (Å²) in [5.74, 6) is -1.02. The van der Waals surface area contributed by atoms with Crippen LogP contribution < -0.4 is 10.1 Å². The highest BCUT2D eigenvalue weighted by atomic mass is 19.3. The van der Waals surface area contributed by atoms with Crippen LogP contribution >= 0.6 is 0 Å². The molecular weight excluding hydrogens is 386 g/mol. The lowest BCUT2D eigenvalue weighted by Crippen LogP contribution is -2.40. The van der Waals surface area contributed by atoms with Crippen LogP contribution in [0, 0.1) is 0 Å². The molecule has 1 N–H and O–H groups in total. The van der Waals surface area contributed by atoms with E-state index in [-0.39, 0.29) is 12.3 Å². The topological polar surface area (TPSA) is 84.9 Å². The van der Waals surface area contributed by atoms with Crippen LogP contribution in [0.3, 0.4) is 0 Å². The van der Waals surface area contributed by atoms with Crippen molar-refractivity contribution in [3.05, 3.63) is 65.2 Å². The van der Waals surface area contributed by atoms with Crippen LogP contribution in [0.5, 0.6) is 5.75 Å². The lowest BCUT2D eigenvalue weighted by molar-refractivity contribution is -0.131. The molecular formula is C20H18F2N2O5. The van der Waals surface area contributed by atoms with Gasteiger partial charge in [-0.1, -0.05) is 24.3 Å². The van der Waals surface area contributed by atoms with Gasteiger partial charge in [0.2, 0.25) is 0 Å². The number of ether oxygens (including phenoxy) is 2. The van der Waals surface area contributed by atoms with Crippen LogP contribution in [0.2, 0.25) is 0 Å². The number of urea groups is 1. The molecule has 1 heterocycles. The molecule has 3 amide bonds. The summed E-state index contributed by atoms with van der Waals surface area (Å²) in [6.07, 6.45) is 0. The summed E-state index contributed by atoms with van der Waals surface area (Å²) in [5.41, 5.74) is 0.0864. The normalized spacial score (nSPS) is 18.7. The van der Waals surface area contributed by atoms with Crippen molar-refractivity contribution in [2.75, 3.05) is 7.11 Å². The number of amides is 3. The fourth-order valence-corrected chi connectivity index (χ4v) is 3.05. The van der Waals surface area contributed by atoms with Crippen LogP contribution in [0.15, 0.2) is 48.5 Å². The third kappa shape index (κ3) is 4.03. The van der Waals surface area contributed by atoms with E-state index in [4.69, 9.17) is 0 Å². The highest BCUT2D eigenvalue weighted by Gasteiger charge is 2.48. The summed E-state index contributed by atoms with van der Waals surface area (Å²) < 4.78 is 33.5. The maximum atomic E-state index is 12.9. The van der Waals surface area contributed by atoms with Gasteiger partial charge >= 0.3 is 18.6 Å². The van der Waals surface area contributed by atoms with Crippen LogP contribution in [-0.4, -0.2) is 36.5 Å². The summed E-state index contributed by atoms with van der Waals surface area (Å²) in [4.78, 5) is 37.9. The predicted molar refractivity (Wildman–Crippen MR) is 97.3 cm³/mol. The molecule has 2 aromatic rings. The molecule has 2 aromatic carbocycles. The molecule has 7 nitrogen and oxygen atoms in total. The van der Waals surface area contributed by atoms with E-state index in [2.05, 4.69) is 14.8 Å². The van der Waals surface area contributed by atoms with Crippen molar-refractivity contribution >= 4 is 17.9 Å². The van der Waals surface area contributed by atoms with E-state index in [0.717, 1.165) is 4.90 Å². The second-order valence-corrected chi connectivity index (χ2v) is 6.54. The second kappa shape index (κ2) is 7.86. The minimum atomic E-state index is -2.95.